The summed E-state index contributed by atoms with van der Waals surface area (Å²) in [6.45, 7) is 7.83. The molecule has 0 spiro atoms. The lowest BCUT2D eigenvalue weighted by molar-refractivity contribution is -0.150. The van der Waals surface area contributed by atoms with Crippen molar-refractivity contribution in [3.63, 3.8) is 0 Å². The first-order valence-electron chi connectivity index (χ1n) is 12.0. The van der Waals surface area contributed by atoms with Gasteiger partial charge in [-0.3, -0.25) is 4.79 Å². The van der Waals surface area contributed by atoms with Gasteiger partial charge in [-0.25, -0.2) is 4.98 Å². The Morgan fingerprint density at radius 1 is 1.15 bits per heavy atom. The first-order chi connectivity index (χ1) is 15.9. The smallest absolute Gasteiger partial charge is 0.313 e. The van der Waals surface area contributed by atoms with E-state index in [9.17, 15) is 9.90 Å². The van der Waals surface area contributed by atoms with Gasteiger partial charge in [0.1, 0.15) is 17.8 Å². The van der Waals surface area contributed by atoms with Gasteiger partial charge >= 0.3 is 5.97 Å². The largest absolute Gasteiger partial charge is 0.492 e. The average molecular weight is 450 g/mol. The Labute approximate surface area is 196 Å². The van der Waals surface area contributed by atoms with Crippen LogP contribution < -0.4 is 10.1 Å². The zero-order chi connectivity index (χ0) is 23.4. The maximum Gasteiger partial charge on any atom is 0.313 e. The van der Waals surface area contributed by atoms with E-state index in [4.69, 9.17) is 4.74 Å². The Morgan fingerprint density at radius 3 is 2.55 bits per heavy atom. The van der Waals surface area contributed by atoms with Gasteiger partial charge in [-0.05, 0) is 66.8 Å². The lowest BCUT2D eigenvalue weighted by Crippen LogP contribution is -2.37. The van der Waals surface area contributed by atoms with Crippen molar-refractivity contribution < 1.29 is 14.6 Å². The Kier molecular flexibility index (Phi) is 7.03. The van der Waals surface area contributed by atoms with Crippen molar-refractivity contribution in [1.29, 1.82) is 0 Å². The highest BCUT2D eigenvalue weighted by atomic mass is 16.5. The van der Waals surface area contributed by atoms with E-state index >= 15 is 0 Å². The van der Waals surface area contributed by atoms with E-state index in [1.165, 1.54) is 5.56 Å². The summed E-state index contributed by atoms with van der Waals surface area (Å²) < 4.78 is 8.14. The van der Waals surface area contributed by atoms with Gasteiger partial charge in [0.25, 0.3) is 0 Å². The van der Waals surface area contributed by atoms with Crippen LogP contribution in [0.3, 0.4) is 0 Å². The summed E-state index contributed by atoms with van der Waals surface area (Å²) in [5.41, 5.74) is 0.476. The molecule has 2 N–H and O–H groups in total. The number of carboxylic acids is 1. The topological polar surface area (TPSA) is 76.4 Å². The molecule has 1 fully saturated rings. The first kappa shape index (κ1) is 23.3. The first-order valence-corrected chi connectivity index (χ1v) is 12.0. The molecule has 0 radical (unpaired) electrons. The summed E-state index contributed by atoms with van der Waals surface area (Å²) in [7, 11) is 0. The second-order valence-electron chi connectivity index (χ2n) is 9.90. The third kappa shape index (κ3) is 5.22. The van der Waals surface area contributed by atoms with Crippen LogP contribution in [0.25, 0.3) is 10.8 Å². The maximum absolute atomic E-state index is 11.8. The van der Waals surface area contributed by atoms with Crippen LogP contribution in [-0.4, -0.2) is 39.8 Å². The monoisotopic (exact) mass is 449 g/mol. The van der Waals surface area contributed by atoms with Crippen LogP contribution in [0.5, 0.6) is 5.75 Å². The van der Waals surface area contributed by atoms with Gasteiger partial charge in [-0.2, -0.15) is 0 Å². The van der Waals surface area contributed by atoms with Crippen molar-refractivity contribution in [2.75, 3.05) is 13.2 Å². The number of aliphatic carboxylic acids is 1. The molecule has 1 aliphatic rings. The third-order valence-electron chi connectivity index (χ3n) is 6.87. The molecule has 2 aromatic carbocycles. The van der Waals surface area contributed by atoms with E-state index in [0.29, 0.717) is 18.8 Å². The number of imidazole rings is 1. The van der Waals surface area contributed by atoms with Gasteiger partial charge in [-0.1, -0.05) is 44.9 Å². The molecule has 0 saturated heterocycles. The van der Waals surface area contributed by atoms with Crippen molar-refractivity contribution in [2.24, 2.45) is 11.3 Å². The fraction of sp³-hybridized carbons (Fsp3) is 0.481. The molecular weight excluding hydrogens is 414 g/mol. The summed E-state index contributed by atoms with van der Waals surface area (Å²) in [5, 5.41) is 15.6. The van der Waals surface area contributed by atoms with Crippen LogP contribution in [0.1, 0.15) is 58.1 Å². The normalized spacial score (nSPS) is 17.3. The molecule has 6 heteroatoms. The molecular formula is C27H35N3O3. The zero-order valence-electron chi connectivity index (χ0n) is 19.8. The highest BCUT2D eigenvalue weighted by Gasteiger charge is 2.42. The maximum atomic E-state index is 11.8. The molecule has 0 bridgehead atoms. The van der Waals surface area contributed by atoms with Crippen LogP contribution in [0.2, 0.25) is 0 Å². The molecule has 1 saturated carbocycles. The zero-order valence-corrected chi connectivity index (χ0v) is 19.8. The Hall–Kier alpha value is -2.86. The number of nitrogens with zero attached hydrogens (tertiary/aromatic N) is 2. The number of carbonyl (C=O) groups is 1. The van der Waals surface area contributed by atoms with E-state index in [2.05, 4.69) is 59.9 Å². The predicted octanol–water partition coefficient (Wildman–Crippen LogP) is 5.28. The van der Waals surface area contributed by atoms with E-state index in [1.807, 2.05) is 30.9 Å². The van der Waals surface area contributed by atoms with Gasteiger partial charge < -0.3 is 19.7 Å². The number of hydrogen-bond acceptors (Lipinski definition) is 4. The minimum atomic E-state index is -0.740. The molecule has 1 heterocycles. The second-order valence-corrected chi connectivity index (χ2v) is 9.90. The number of ether oxygens (including phenoxy) is 1. The molecule has 0 aliphatic heterocycles. The number of rotatable bonds is 10. The summed E-state index contributed by atoms with van der Waals surface area (Å²) in [6, 6.07) is 12.9. The molecule has 6 nitrogen and oxygen atoms in total. The van der Waals surface area contributed by atoms with Crippen LogP contribution in [0.4, 0.5) is 0 Å². The third-order valence-corrected chi connectivity index (χ3v) is 6.87. The van der Waals surface area contributed by atoms with Crippen LogP contribution in [-0.2, 0) is 4.79 Å². The second kappa shape index (κ2) is 9.96. The molecule has 2 atom stereocenters. The number of carboxylic acid groups (broad SMARTS) is 1. The lowest BCUT2D eigenvalue weighted by Gasteiger charge is -2.28. The molecule has 3 aromatic rings. The molecule has 1 aliphatic carbocycles. The Morgan fingerprint density at radius 2 is 1.88 bits per heavy atom. The summed E-state index contributed by atoms with van der Waals surface area (Å²) in [6.07, 6.45) is 9.01. The van der Waals surface area contributed by atoms with Gasteiger partial charge in [0, 0.05) is 18.4 Å². The molecule has 1 aromatic heterocycles. The van der Waals surface area contributed by atoms with Gasteiger partial charge in [0.15, 0.2) is 0 Å². The lowest BCUT2D eigenvalue weighted by atomic mass is 9.87. The molecule has 4 rings (SSSR count). The Balaban J connectivity index is 1.55. The standard InChI is InChI=1S/C27H35N3O3/c1-19(2)16-29-20(3)25(30-13-12-28-18-30)23-7-6-22-15-24(9-8-21(22)14-23)33-17-27(26(31)32)10-4-5-11-27/h6-9,12-15,18-20,25,29H,4-5,10-11,16-17H2,1-3H3,(H,31,32). The van der Waals surface area contributed by atoms with E-state index in [0.717, 1.165) is 35.9 Å². The number of fused-ring (bicyclic) bond motifs is 1. The fourth-order valence-electron chi connectivity index (χ4n) is 4.90. The fourth-order valence-corrected chi connectivity index (χ4v) is 4.90. The van der Waals surface area contributed by atoms with Crippen molar-refractivity contribution in [3.8, 4) is 5.75 Å². The SMILES string of the molecule is CC(C)CNC(C)C(c1ccc2cc(OCC3(C(=O)O)CCCC3)ccc2c1)n1ccnc1. The summed E-state index contributed by atoms with van der Waals surface area (Å²) in [4.78, 5) is 16.1. The van der Waals surface area contributed by atoms with Gasteiger partial charge in [0.2, 0.25) is 0 Å². The number of hydrogen-bond donors (Lipinski definition) is 2. The Bertz CT molecular complexity index is 1070. The van der Waals surface area contributed by atoms with Crippen molar-refractivity contribution >= 4 is 16.7 Å². The molecule has 33 heavy (non-hydrogen) atoms. The van der Waals surface area contributed by atoms with Crippen molar-refractivity contribution in [3.05, 3.63) is 60.7 Å². The summed E-state index contributed by atoms with van der Waals surface area (Å²) >= 11 is 0. The predicted molar refractivity (Wildman–Crippen MR) is 131 cm³/mol. The van der Waals surface area contributed by atoms with E-state index < -0.39 is 11.4 Å². The number of benzene rings is 2. The number of nitrogens with one attached hydrogen (secondary N) is 1. The quantitative estimate of drug-likeness (QED) is 0.440. The summed E-state index contributed by atoms with van der Waals surface area (Å²) in [5.74, 6) is 0.562. The number of aromatic nitrogens is 2. The molecule has 0 amide bonds. The van der Waals surface area contributed by atoms with E-state index in [-0.39, 0.29) is 18.7 Å². The molecule has 176 valence electrons. The molecule has 2 unspecified atom stereocenters. The van der Waals surface area contributed by atoms with Crippen LogP contribution in [0.15, 0.2) is 55.1 Å². The average Bonchev–Trinajstić information content (AvgIpc) is 3.49. The highest BCUT2D eigenvalue weighted by molar-refractivity contribution is 5.84. The van der Waals surface area contributed by atoms with Crippen LogP contribution in [0, 0.1) is 11.3 Å². The van der Waals surface area contributed by atoms with Crippen molar-refractivity contribution in [1.82, 2.24) is 14.9 Å². The van der Waals surface area contributed by atoms with Crippen molar-refractivity contribution in [2.45, 2.75) is 58.5 Å². The van der Waals surface area contributed by atoms with Crippen LogP contribution >= 0.6 is 0 Å². The minimum Gasteiger partial charge on any atom is -0.492 e. The van der Waals surface area contributed by atoms with E-state index in [1.54, 1.807) is 0 Å². The minimum absolute atomic E-state index is 0.129. The van der Waals surface area contributed by atoms with Gasteiger partial charge in [0.05, 0.1) is 12.4 Å². The van der Waals surface area contributed by atoms with Gasteiger partial charge in [-0.15, -0.1) is 0 Å². The highest BCUT2D eigenvalue weighted by Crippen LogP contribution is 2.39.